The van der Waals surface area contributed by atoms with Gasteiger partial charge in [-0.25, -0.2) is 0 Å². The van der Waals surface area contributed by atoms with E-state index in [2.05, 4.69) is 42.1 Å². The largest absolute Gasteiger partial charge is 0.496 e. The highest BCUT2D eigenvalue weighted by Crippen LogP contribution is 2.42. The molecule has 3 nitrogen and oxygen atoms in total. The standard InChI is InChI=1S/C20H24N2O.C2H6/c1-12-9-20(23-4)17-10-14(5-7-18(17)21-12)16-11-15-6-8-19(13(16)2)22(15)3;1-2/h5,7,9-10,15,19H,6,8,11H2,1-4H3;1-2H3/t15-,19?;/m1./s1. The van der Waals surface area contributed by atoms with Crippen LogP contribution >= 0.6 is 0 Å². The highest BCUT2D eigenvalue weighted by molar-refractivity contribution is 5.89. The van der Waals surface area contributed by atoms with Gasteiger partial charge in [0.2, 0.25) is 0 Å². The van der Waals surface area contributed by atoms with Gasteiger partial charge in [0.1, 0.15) is 5.75 Å². The molecule has 25 heavy (non-hydrogen) atoms. The van der Waals surface area contributed by atoms with Gasteiger partial charge in [0, 0.05) is 29.2 Å². The van der Waals surface area contributed by atoms with Crippen LogP contribution < -0.4 is 4.74 Å². The topological polar surface area (TPSA) is 25.4 Å². The average Bonchev–Trinajstić information content (AvgIpc) is 2.89. The van der Waals surface area contributed by atoms with Gasteiger partial charge in [-0.15, -0.1) is 0 Å². The second-order valence-electron chi connectivity index (χ2n) is 6.98. The molecule has 3 heterocycles. The molecule has 2 aliphatic rings. The van der Waals surface area contributed by atoms with Crippen molar-refractivity contribution in [2.24, 2.45) is 0 Å². The van der Waals surface area contributed by atoms with E-state index in [4.69, 9.17) is 4.74 Å². The Balaban J connectivity index is 0.000000880. The van der Waals surface area contributed by atoms with Crippen LogP contribution in [0.4, 0.5) is 0 Å². The summed E-state index contributed by atoms with van der Waals surface area (Å²) in [5, 5.41) is 1.11. The summed E-state index contributed by atoms with van der Waals surface area (Å²) in [7, 11) is 4.01. The number of benzene rings is 1. The lowest BCUT2D eigenvalue weighted by Crippen LogP contribution is -2.37. The zero-order valence-electron chi connectivity index (χ0n) is 16.4. The molecule has 0 radical (unpaired) electrons. The Bertz CT molecular complexity index is 809. The van der Waals surface area contributed by atoms with Crippen molar-refractivity contribution < 1.29 is 4.74 Å². The van der Waals surface area contributed by atoms with Crippen LogP contribution in [0.15, 0.2) is 29.8 Å². The SMILES string of the molecule is CC.COc1cc(C)nc2ccc(C3=C(C)C4CC[C@H](C3)N4C)cc12. The van der Waals surface area contributed by atoms with Gasteiger partial charge in [-0.05, 0) is 63.4 Å². The molecule has 1 aromatic heterocycles. The van der Waals surface area contributed by atoms with Gasteiger partial charge >= 0.3 is 0 Å². The first-order chi connectivity index (χ1) is 12.1. The summed E-state index contributed by atoms with van der Waals surface area (Å²) in [5.41, 5.74) is 6.42. The molecule has 0 spiro atoms. The number of hydrogen-bond donors (Lipinski definition) is 0. The van der Waals surface area contributed by atoms with E-state index in [1.807, 2.05) is 26.8 Å². The summed E-state index contributed by atoms with van der Waals surface area (Å²) in [6, 6.07) is 9.99. The zero-order valence-corrected chi connectivity index (χ0v) is 16.4. The van der Waals surface area contributed by atoms with Crippen molar-refractivity contribution in [3.05, 3.63) is 41.1 Å². The Hall–Kier alpha value is -1.87. The predicted octanol–water partition coefficient (Wildman–Crippen LogP) is 5.22. The molecule has 2 bridgehead atoms. The molecular weight excluding hydrogens is 308 g/mol. The number of ether oxygens (including phenoxy) is 1. The minimum absolute atomic E-state index is 0.623. The van der Waals surface area contributed by atoms with Gasteiger partial charge in [0.05, 0.1) is 12.6 Å². The van der Waals surface area contributed by atoms with Crippen LogP contribution in [0, 0.1) is 6.92 Å². The van der Waals surface area contributed by atoms with E-state index in [0.29, 0.717) is 12.1 Å². The number of fused-ring (bicyclic) bond motifs is 3. The third-order valence-electron chi connectivity index (χ3n) is 5.72. The quantitative estimate of drug-likeness (QED) is 0.751. The number of methoxy groups -OCH3 is 1. The van der Waals surface area contributed by atoms with Crippen LogP contribution in [0.2, 0.25) is 0 Å². The highest BCUT2D eigenvalue weighted by atomic mass is 16.5. The van der Waals surface area contributed by atoms with Crippen LogP contribution in [-0.4, -0.2) is 36.1 Å². The van der Waals surface area contributed by atoms with E-state index in [1.165, 1.54) is 24.0 Å². The normalized spacial score (nSPS) is 22.8. The monoisotopic (exact) mass is 338 g/mol. The van der Waals surface area contributed by atoms with Crippen molar-refractivity contribution in [1.82, 2.24) is 9.88 Å². The van der Waals surface area contributed by atoms with Crippen molar-refractivity contribution >= 4 is 16.5 Å². The number of aryl methyl sites for hydroxylation is 1. The molecule has 0 saturated carbocycles. The van der Waals surface area contributed by atoms with E-state index in [1.54, 1.807) is 12.7 Å². The first-order valence-electron chi connectivity index (χ1n) is 9.46. The lowest BCUT2D eigenvalue weighted by atomic mass is 9.89. The Kier molecular flexibility index (Phi) is 5.14. The second kappa shape index (κ2) is 7.17. The van der Waals surface area contributed by atoms with Gasteiger partial charge in [-0.2, -0.15) is 0 Å². The van der Waals surface area contributed by atoms with E-state index in [9.17, 15) is 0 Å². The molecule has 1 aromatic carbocycles. The van der Waals surface area contributed by atoms with Crippen LogP contribution in [-0.2, 0) is 0 Å². The van der Waals surface area contributed by atoms with Gasteiger partial charge in [0.25, 0.3) is 0 Å². The fourth-order valence-corrected chi connectivity index (χ4v) is 4.40. The summed E-state index contributed by atoms with van der Waals surface area (Å²) in [6.07, 6.45) is 3.78. The molecule has 2 aliphatic heterocycles. The molecular formula is C22H30N2O. The van der Waals surface area contributed by atoms with Crippen LogP contribution in [0.3, 0.4) is 0 Å². The van der Waals surface area contributed by atoms with Crippen LogP contribution in [0.5, 0.6) is 5.75 Å². The lowest BCUT2D eigenvalue weighted by Gasteiger charge is -2.34. The van der Waals surface area contributed by atoms with Gasteiger partial charge in [0.15, 0.2) is 0 Å². The number of aromatic nitrogens is 1. The molecule has 0 N–H and O–H groups in total. The molecule has 2 aromatic rings. The fraction of sp³-hybridized carbons (Fsp3) is 0.500. The highest BCUT2D eigenvalue weighted by Gasteiger charge is 2.37. The third kappa shape index (κ3) is 3.06. The van der Waals surface area contributed by atoms with Gasteiger partial charge < -0.3 is 4.74 Å². The third-order valence-corrected chi connectivity index (χ3v) is 5.72. The molecule has 0 amide bonds. The smallest absolute Gasteiger partial charge is 0.130 e. The molecule has 2 atom stereocenters. The van der Waals surface area contributed by atoms with Gasteiger partial charge in [-0.1, -0.05) is 25.5 Å². The first-order valence-corrected chi connectivity index (χ1v) is 9.46. The Morgan fingerprint density at radius 3 is 2.60 bits per heavy atom. The minimum Gasteiger partial charge on any atom is -0.496 e. The maximum Gasteiger partial charge on any atom is 0.130 e. The van der Waals surface area contributed by atoms with E-state index < -0.39 is 0 Å². The summed E-state index contributed by atoms with van der Waals surface area (Å²) in [4.78, 5) is 7.20. The predicted molar refractivity (Wildman–Crippen MR) is 106 cm³/mol. The Morgan fingerprint density at radius 1 is 1.12 bits per heavy atom. The molecule has 134 valence electrons. The Morgan fingerprint density at radius 2 is 1.88 bits per heavy atom. The number of pyridine rings is 1. The number of rotatable bonds is 2. The first kappa shape index (κ1) is 17.9. The number of likely N-dealkylation sites (N-methyl/N-ethyl adjacent to an activating group) is 1. The maximum atomic E-state index is 5.58. The number of nitrogens with zero attached hydrogens (tertiary/aromatic N) is 2. The van der Waals surface area contributed by atoms with Gasteiger partial charge in [-0.3, -0.25) is 9.88 Å². The summed E-state index contributed by atoms with van der Waals surface area (Å²) >= 11 is 0. The molecule has 1 fully saturated rings. The lowest BCUT2D eigenvalue weighted by molar-refractivity contribution is 0.255. The fourth-order valence-electron chi connectivity index (χ4n) is 4.40. The summed E-state index contributed by atoms with van der Waals surface area (Å²) in [5.74, 6) is 0.920. The molecule has 4 rings (SSSR count). The number of hydrogen-bond acceptors (Lipinski definition) is 3. The van der Waals surface area contributed by atoms with Crippen molar-refractivity contribution in [2.45, 2.75) is 59.0 Å². The van der Waals surface area contributed by atoms with Crippen LogP contribution in [0.25, 0.3) is 16.5 Å². The van der Waals surface area contributed by atoms with Crippen molar-refractivity contribution in [1.29, 1.82) is 0 Å². The molecule has 1 unspecified atom stereocenters. The zero-order chi connectivity index (χ0) is 18.1. The minimum atomic E-state index is 0.623. The van der Waals surface area contributed by atoms with Crippen molar-refractivity contribution in [3.8, 4) is 5.75 Å². The van der Waals surface area contributed by atoms with E-state index >= 15 is 0 Å². The maximum absolute atomic E-state index is 5.58. The summed E-state index contributed by atoms with van der Waals surface area (Å²) < 4.78 is 5.58. The molecule has 0 aliphatic carbocycles. The van der Waals surface area contributed by atoms with Crippen LogP contribution in [0.1, 0.15) is 51.3 Å². The molecule has 1 saturated heterocycles. The molecule has 3 heteroatoms. The van der Waals surface area contributed by atoms with Crippen molar-refractivity contribution in [2.75, 3.05) is 14.2 Å². The van der Waals surface area contributed by atoms with Crippen molar-refractivity contribution in [3.63, 3.8) is 0 Å². The second-order valence-corrected chi connectivity index (χ2v) is 6.98. The van der Waals surface area contributed by atoms with E-state index in [-0.39, 0.29) is 0 Å². The summed E-state index contributed by atoms with van der Waals surface area (Å²) in [6.45, 7) is 8.32. The Labute approximate surface area is 151 Å². The van der Waals surface area contributed by atoms with E-state index in [0.717, 1.165) is 28.8 Å². The average molecular weight is 338 g/mol.